The number of phenolic OH excluding ortho intramolecular Hbond substituents is 1. The van der Waals surface area contributed by atoms with Gasteiger partial charge in [-0.25, -0.2) is 0 Å². The Kier molecular flexibility index (Phi) is 6.19. The van der Waals surface area contributed by atoms with Crippen LogP contribution in [0.5, 0.6) is 17.2 Å². The second kappa shape index (κ2) is 8.03. The summed E-state index contributed by atoms with van der Waals surface area (Å²) in [7, 11) is 1.52. The second-order valence-corrected chi connectivity index (χ2v) is 7.74. The molecule has 1 aliphatic heterocycles. The number of hydrogen-bond acceptors (Lipinski definition) is 6. The number of esters is 1. The van der Waals surface area contributed by atoms with Gasteiger partial charge in [-0.15, -0.1) is 0 Å². The van der Waals surface area contributed by atoms with Gasteiger partial charge >= 0.3 is 5.97 Å². The van der Waals surface area contributed by atoms with Crippen LogP contribution in [0.2, 0.25) is 0 Å². The highest BCUT2D eigenvalue weighted by Gasteiger charge is 2.32. The number of hydrogen-bond donors (Lipinski definition) is 1. The number of aromatic hydroxyl groups is 1. The summed E-state index contributed by atoms with van der Waals surface area (Å²) >= 11 is 0. The van der Waals surface area contributed by atoms with Crippen LogP contribution in [0.15, 0.2) is 11.6 Å². The Morgan fingerprint density at radius 1 is 1.30 bits per heavy atom. The number of carbonyl (C=O) groups is 2. The Labute approximate surface area is 160 Å². The maximum atomic E-state index is 12.0. The van der Waals surface area contributed by atoms with Gasteiger partial charge in [0.15, 0.2) is 6.61 Å². The molecule has 1 aromatic rings. The van der Waals surface area contributed by atoms with Gasteiger partial charge in [0.1, 0.15) is 28.4 Å². The van der Waals surface area contributed by atoms with Gasteiger partial charge in [0, 0.05) is 17.5 Å². The van der Waals surface area contributed by atoms with Crippen molar-refractivity contribution in [2.75, 3.05) is 13.7 Å². The van der Waals surface area contributed by atoms with E-state index >= 15 is 0 Å². The molecule has 0 atom stereocenters. The summed E-state index contributed by atoms with van der Waals surface area (Å²) in [5.41, 5.74) is 1.96. The number of ketones is 1. The van der Waals surface area contributed by atoms with E-state index in [9.17, 15) is 14.7 Å². The van der Waals surface area contributed by atoms with Crippen LogP contribution in [0, 0.1) is 6.92 Å². The molecule has 0 aliphatic carbocycles. The highest BCUT2D eigenvalue weighted by molar-refractivity contribution is 6.06. The van der Waals surface area contributed by atoms with E-state index in [1.165, 1.54) is 7.11 Å². The van der Waals surface area contributed by atoms with E-state index in [1.807, 2.05) is 33.8 Å². The Balaban J connectivity index is 2.16. The van der Waals surface area contributed by atoms with Gasteiger partial charge in [-0.2, -0.15) is 0 Å². The molecule has 1 heterocycles. The molecule has 2 rings (SSSR count). The predicted octanol–water partition coefficient (Wildman–Crippen LogP) is 3.90. The van der Waals surface area contributed by atoms with Gasteiger partial charge in [-0.3, -0.25) is 9.59 Å². The molecule has 0 bridgehead atoms. The predicted molar refractivity (Wildman–Crippen MR) is 102 cm³/mol. The van der Waals surface area contributed by atoms with Crippen molar-refractivity contribution in [2.24, 2.45) is 0 Å². The first kappa shape index (κ1) is 20.8. The van der Waals surface area contributed by atoms with Crippen molar-refractivity contribution in [3.05, 3.63) is 28.3 Å². The van der Waals surface area contributed by atoms with Crippen LogP contribution in [0.4, 0.5) is 0 Å². The zero-order valence-electron chi connectivity index (χ0n) is 16.9. The first-order valence-corrected chi connectivity index (χ1v) is 9.01. The van der Waals surface area contributed by atoms with Gasteiger partial charge in [-0.1, -0.05) is 11.6 Å². The average Bonchev–Trinajstić information content (AvgIpc) is 2.95. The highest BCUT2D eigenvalue weighted by Crippen LogP contribution is 2.45. The van der Waals surface area contributed by atoms with Crippen LogP contribution in [0.3, 0.4) is 0 Å². The molecule has 27 heavy (non-hydrogen) atoms. The third kappa shape index (κ3) is 4.81. The summed E-state index contributed by atoms with van der Waals surface area (Å²) in [6.45, 7) is 9.17. The molecule has 0 spiro atoms. The molecule has 0 amide bonds. The maximum Gasteiger partial charge on any atom is 0.306 e. The van der Waals surface area contributed by atoms with Gasteiger partial charge in [-0.05, 0) is 47.5 Å². The third-order valence-electron chi connectivity index (χ3n) is 4.33. The Bertz CT molecular complexity index is 783. The molecule has 0 unspecified atom stereocenters. The summed E-state index contributed by atoms with van der Waals surface area (Å²) in [4.78, 5) is 23.9. The Morgan fingerprint density at radius 3 is 2.56 bits per heavy atom. The number of rotatable bonds is 6. The highest BCUT2D eigenvalue weighted by atomic mass is 16.6. The van der Waals surface area contributed by atoms with Gasteiger partial charge in [0.2, 0.25) is 5.78 Å². The molecule has 6 heteroatoms. The summed E-state index contributed by atoms with van der Waals surface area (Å²) in [5.74, 6) is 0.332. The fourth-order valence-corrected chi connectivity index (χ4v) is 3.07. The fourth-order valence-electron chi connectivity index (χ4n) is 3.07. The van der Waals surface area contributed by atoms with E-state index < -0.39 is 5.60 Å². The van der Waals surface area contributed by atoms with E-state index in [-0.39, 0.29) is 36.1 Å². The van der Waals surface area contributed by atoms with Crippen LogP contribution in [0.25, 0.3) is 0 Å². The number of fused-ring (bicyclic) bond motifs is 1. The Hall–Kier alpha value is -2.50. The summed E-state index contributed by atoms with van der Waals surface area (Å²) < 4.78 is 16.1. The minimum Gasteiger partial charge on any atom is -0.507 e. The van der Waals surface area contributed by atoms with E-state index in [2.05, 4.69) is 0 Å². The molecule has 0 radical (unpaired) electrons. The lowest BCUT2D eigenvalue weighted by Crippen LogP contribution is -2.23. The lowest BCUT2D eigenvalue weighted by molar-refractivity contribution is -0.154. The second-order valence-electron chi connectivity index (χ2n) is 7.74. The van der Waals surface area contributed by atoms with Gasteiger partial charge in [0.25, 0.3) is 0 Å². The van der Waals surface area contributed by atoms with Crippen molar-refractivity contribution in [1.29, 1.82) is 0 Å². The standard InChI is InChI=1S/C21H28O6/c1-12(8-10-16(23)27-21(3,4)5)7-9-14-18(24)17-15(22)11-26-20(17)13(2)19(14)25-6/h7,24H,8-11H2,1-6H3/b12-7+. The van der Waals surface area contributed by atoms with Crippen LogP contribution >= 0.6 is 0 Å². The quantitative estimate of drug-likeness (QED) is 0.599. The fraction of sp³-hybridized carbons (Fsp3) is 0.524. The number of Topliss-reactive ketones (excluding diaryl/α,β-unsaturated/α-hetero) is 1. The van der Waals surface area contributed by atoms with Crippen molar-refractivity contribution < 1.29 is 28.9 Å². The molecule has 1 N–H and O–H groups in total. The molecular weight excluding hydrogens is 348 g/mol. The smallest absolute Gasteiger partial charge is 0.306 e. The van der Waals surface area contributed by atoms with Gasteiger partial charge in [0.05, 0.1) is 7.11 Å². The zero-order chi connectivity index (χ0) is 20.4. The van der Waals surface area contributed by atoms with Crippen molar-refractivity contribution in [1.82, 2.24) is 0 Å². The normalized spacial score (nSPS) is 14.0. The first-order valence-electron chi connectivity index (χ1n) is 9.01. The molecule has 6 nitrogen and oxygen atoms in total. The summed E-state index contributed by atoms with van der Waals surface area (Å²) in [6.07, 6.45) is 3.16. The minimum atomic E-state index is -0.496. The number of carbonyl (C=O) groups excluding carboxylic acids is 2. The molecule has 1 aliphatic rings. The van der Waals surface area contributed by atoms with Crippen LogP contribution in [-0.2, 0) is 16.0 Å². The molecular formula is C21H28O6. The van der Waals surface area contributed by atoms with E-state index in [0.717, 1.165) is 5.57 Å². The van der Waals surface area contributed by atoms with Crippen LogP contribution < -0.4 is 9.47 Å². The lowest BCUT2D eigenvalue weighted by atomic mass is 9.97. The van der Waals surface area contributed by atoms with Crippen molar-refractivity contribution >= 4 is 11.8 Å². The SMILES string of the molecule is COc1c(C)c2c(c(O)c1C/C=C(\C)CCC(=O)OC(C)(C)C)C(=O)CO2. The van der Waals surface area contributed by atoms with Crippen LogP contribution in [-0.4, -0.2) is 36.2 Å². The zero-order valence-corrected chi connectivity index (χ0v) is 16.9. The summed E-state index contributed by atoms with van der Waals surface area (Å²) in [5, 5.41) is 10.6. The number of ether oxygens (including phenoxy) is 3. The topological polar surface area (TPSA) is 82.1 Å². The largest absolute Gasteiger partial charge is 0.507 e. The molecule has 0 saturated heterocycles. The summed E-state index contributed by atoms with van der Waals surface area (Å²) in [6, 6.07) is 0. The number of benzene rings is 1. The van der Waals surface area contributed by atoms with Crippen molar-refractivity contribution in [3.8, 4) is 17.2 Å². The van der Waals surface area contributed by atoms with Crippen molar-refractivity contribution in [3.63, 3.8) is 0 Å². The molecule has 0 saturated carbocycles. The molecule has 148 valence electrons. The van der Waals surface area contributed by atoms with E-state index in [0.29, 0.717) is 35.5 Å². The van der Waals surface area contributed by atoms with E-state index in [4.69, 9.17) is 14.2 Å². The number of phenols is 1. The molecule has 0 fully saturated rings. The number of allylic oxidation sites excluding steroid dienone is 2. The maximum absolute atomic E-state index is 12.0. The number of methoxy groups -OCH3 is 1. The third-order valence-corrected chi connectivity index (χ3v) is 4.33. The molecule has 1 aromatic carbocycles. The minimum absolute atomic E-state index is 0.0684. The first-order chi connectivity index (χ1) is 12.5. The Morgan fingerprint density at radius 2 is 1.96 bits per heavy atom. The average molecular weight is 376 g/mol. The monoisotopic (exact) mass is 376 g/mol. The van der Waals surface area contributed by atoms with E-state index in [1.54, 1.807) is 6.92 Å². The lowest BCUT2D eigenvalue weighted by Gasteiger charge is -2.19. The molecule has 0 aromatic heterocycles. The van der Waals surface area contributed by atoms with Crippen LogP contribution in [0.1, 0.15) is 62.0 Å². The van der Waals surface area contributed by atoms with Crippen molar-refractivity contribution in [2.45, 2.75) is 59.5 Å². The van der Waals surface area contributed by atoms with Gasteiger partial charge < -0.3 is 19.3 Å².